The van der Waals surface area contributed by atoms with Crippen LogP contribution in [-0.4, -0.2) is 27.4 Å². The van der Waals surface area contributed by atoms with Crippen molar-refractivity contribution in [2.24, 2.45) is 0 Å². The predicted molar refractivity (Wildman–Crippen MR) is 97.2 cm³/mol. The third-order valence-corrected chi connectivity index (χ3v) is 4.31. The van der Waals surface area contributed by atoms with Crippen molar-refractivity contribution in [2.45, 2.75) is 45.7 Å². The molecule has 0 aliphatic carbocycles. The van der Waals surface area contributed by atoms with Crippen LogP contribution in [0.25, 0.3) is 0 Å². The predicted octanol–water partition coefficient (Wildman–Crippen LogP) is 3.26. The van der Waals surface area contributed by atoms with E-state index >= 15 is 0 Å². The van der Waals surface area contributed by atoms with Crippen LogP contribution in [0.4, 0.5) is 5.69 Å². The van der Waals surface area contributed by atoms with Gasteiger partial charge in [0.25, 0.3) is 11.8 Å². The van der Waals surface area contributed by atoms with E-state index in [1.807, 2.05) is 18.4 Å². The minimum Gasteiger partial charge on any atom is -0.348 e. The van der Waals surface area contributed by atoms with Crippen molar-refractivity contribution in [1.29, 1.82) is 0 Å². The molecule has 1 aliphatic rings. The number of hydrogen-bond acceptors (Lipinski definition) is 3. The molecule has 2 amide bonds. The van der Waals surface area contributed by atoms with Crippen LogP contribution in [0.5, 0.6) is 0 Å². The number of aromatic nitrogens is 2. The third-order valence-electron chi connectivity index (χ3n) is 4.06. The van der Waals surface area contributed by atoms with Gasteiger partial charge in [-0.05, 0) is 57.4 Å². The highest BCUT2D eigenvalue weighted by Crippen LogP contribution is 2.22. The second-order valence-electron chi connectivity index (χ2n) is 6.43. The van der Waals surface area contributed by atoms with Crippen LogP contribution in [0, 0.1) is 0 Å². The summed E-state index contributed by atoms with van der Waals surface area (Å²) >= 11 is 5.87. The Kier molecular flexibility index (Phi) is 5.08. The normalized spacial score (nSPS) is 13.4. The van der Waals surface area contributed by atoms with Gasteiger partial charge in [-0.3, -0.25) is 9.59 Å². The summed E-state index contributed by atoms with van der Waals surface area (Å²) in [6.45, 7) is 4.49. The van der Waals surface area contributed by atoms with E-state index in [0.29, 0.717) is 22.9 Å². The van der Waals surface area contributed by atoms with Gasteiger partial charge in [-0.25, -0.2) is 4.98 Å². The van der Waals surface area contributed by atoms with Crippen molar-refractivity contribution in [2.75, 3.05) is 5.32 Å². The van der Waals surface area contributed by atoms with E-state index in [2.05, 4.69) is 15.6 Å². The van der Waals surface area contributed by atoms with Gasteiger partial charge in [0.1, 0.15) is 5.69 Å². The maximum absolute atomic E-state index is 12.7. The monoisotopic (exact) mass is 360 g/mol. The summed E-state index contributed by atoms with van der Waals surface area (Å²) in [6.07, 6.45) is 2.71. The lowest BCUT2D eigenvalue weighted by Crippen LogP contribution is -2.31. The highest BCUT2D eigenvalue weighted by atomic mass is 35.5. The van der Waals surface area contributed by atoms with E-state index in [9.17, 15) is 9.59 Å². The summed E-state index contributed by atoms with van der Waals surface area (Å²) in [5.41, 5.74) is 1.83. The number of imidazole rings is 1. The smallest absolute Gasteiger partial charge is 0.291 e. The average molecular weight is 361 g/mol. The lowest BCUT2D eigenvalue weighted by atomic mass is 10.1. The molecule has 0 atom stereocenters. The van der Waals surface area contributed by atoms with Crippen LogP contribution < -0.4 is 10.6 Å². The number of nitrogens with zero attached hydrogens (tertiary/aromatic N) is 2. The lowest BCUT2D eigenvalue weighted by molar-refractivity contribution is 0.0937. The minimum atomic E-state index is -0.325. The molecule has 132 valence electrons. The summed E-state index contributed by atoms with van der Waals surface area (Å²) in [7, 11) is 0. The van der Waals surface area contributed by atoms with Gasteiger partial charge < -0.3 is 15.2 Å². The number of carbonyl (C=O) groups excluding carboxylic acids is 2. The second-order valence-corrected chi connectivity index (χ2v) is 6.87. The van der Waals surface area contributed by atoms with Crippen molar-refractivity contribution in [3.63, 3.8) is 0 Å². The summed E-state index contributed by atoms with van der Waals surface area (Å²) < 4.78 is 1.87. The molecule has 3 rings (SSSR count). The molecule has 2 heterocycles. The van der Waals surface area contributed by atoms with Crippen LogP contribution in [0.1, 0.15) is 53.5 Å². The summed E-state index contributed by atoms with van der Waals surface area (Å²) in [5.74, 6) is -0.279. The first-order valence-electron chi connectivity index (χ1n) is 8.43. The van der Waals surface area contributed by atoms with Gasteiger partial charge in [-0.15, -0.1) is 0 Å². The van der Waals surface area contributed by atoms with Gasteiger partial charge in [0.05, 0.1) is 5.69 Å². The molecule has 0 spiro atoms. The number of amides is 2. The van der Waals surface area contributed by atoms with E-state index < -0.39 is 0 Å². The molecule has 25 heavy (non-hydrogen) atoms. The Labute approximate surface area is 151 Å². The van der Waals surface area contributed by atoms with Crippen molar-refractivity contribution in [1.82, 2.24) is 14.9 Å². The standard InChI is InChI=1S/C18H21ClN4O2/c1-11(2)20-17(24)15-14-5-3-4-10-23(14)16(22-15)18(25)21-13-8-6-12(19)7-9-13/h6-9,11H,3-5,10H2,1-2H3,(H,20,24)(H,21,25). The zero-order valence-electron chi connectivity index (χ0n) is 14.3. The SMILES string of the molecule is CC(C)NC(=O)c1nc(C(=O)Nc2ccc(Cl)cc2)n2c1CCCC2. The molecule has 1 aliphatic heterocycles. The highest BCUT2D eigenvalue weighted by molar-refractivity contribution is 6.30. The molecule has 0 radical (unpaired) electrons. The van der Waals surface area contributed by atoms with Gasteiger partial charge in [0, 0.05) is 23.3 Å². The zero-order chi connectivity index (χ0) is 18.0. The molecule has 1 aromatic carbocycles. The molecule has 2 aromatic rings. The molecule has 0 bridgehead atoms. The first kappa shape index (κ1) is 17.5. The number of benzene rings is 1. The van der Waals surface area contributed by atoms with Crippen molar-refractivity contribution in [3.8, 4) is 0 Å². The Morgan fingerprint density at radius 2 is 1.88 bits per heavy atom. The van der Waals surface area contributed by atoms with Gasteiger partial charge in [-0.2, -0.15) is 0 Å². The Morgan fingerprint density at radius 3 is 2.56 bits per heavy atom. The first-order valence-corrected chi connectivity index (χ1v) is 8.80. The molecule has 0 saturated carbocycles. The minimum absolute atomic E-state index is 0.0137. The second kappa shape index (κ2) is 7.27. The fraction of sp³-hybridized carbons (Fsp3) is 0.389. The molecule has 0 unspecified atom stereocenters. The van der Waals surface area contributed by atoms with Gasteiger partial charge in [0.15, 0.2) is 5.82 Å². The lowest BCUT2D eigenvalue weighted by Gasteiger charge is -2.17. The Hall–Kier alpha value is -2.34. The number of carbonyl (C=O) groups is 2. The van der Waals surface area contributed by atoms with E-state index in [1.165, 1.54) is 0 Å². The van der Waals surface area contributed by atoms with E-state index in [-0.39, 0.29) is 23.7 Å². The van der Waals surface area contributed by atoms with Crippen LogP contribution in [0.3, 0.4) is 0 Å². The average Bonchev–Trinajstić information content (AvgIpc) is 2.96. The number of rotatable bonds is 4. The van der Waals surface area contributed by atoms with Crippen molar-refractivity contribution >= 4 is 29.1 Å². The van der Waals surface area contributed by atoms with E-state index in [0.717, 1.165) is 25.0 Å². The highest BCUT2D eigenvalue weighted by Gasteiger charge is 2.27. The molecule has 0 fully saturated rings. The maximum Gasteiger partial charge on any atom is 0.291 e. The largest absolute Gasteiger partial charge is 0.348 e. The number of anilines is 1. The molecule has 0 saturated heterocycles. The topological polar surface area (TPSA) is 76.0 Å². The zero-order valence-corrected chi connectivity index (χ0v) is 15.1. The fourth-order valence-corrected chi connectivity index (χ4v) is 3.07. The number of nitrogens with one attached hydrogen (secondary N) is 2. The van der Waals surface area contributed by atoms with Gasteiger partial charge >= 0.3 is 0 Å². The Balaban J connectivity index is 1.90. The summed E-state index contributed by atoms with van der Waals surface area (Å²) in [6, 6.07) is 6.89. The number of hydrogen-bond donors (Lipinski definition) is 2. The van der Waals surface area contributed by atoms with Crippen LogP contribution in [0.2, 0.25) is 5.02 Å². The third kappa shape index (κ3) is 3.85. The van der Waals surface area contributed by atoms with Crippen LogP contribution in [0.15, 0.2) is 24.3 Å². The Morgan fingerprint density at radius 1 is 1.16 bits per heavy atom. The number of halogens is 1. The Bertz CT molecular complexity index is 796. The van der Waals surface area contributed by atoms with Crippen LogP contribution >= 0.6 is 11.6 Å². The van der Waals surface area contributed by atoms with Crippen molar-refractivity contribution in [3.05, 3.63) is 46.5 Å². The molecular weight excluding hydrogens is 340 g/mol. The molecule has 7 heteroatoms. The molecule has 2 N–H and O–H groups in total. The van der Waals surface area contributed by atoms with E-state index in [1.54, 1.807) is 24.3 Å². The van der Waals surface area contributed by atoms with E-state index in [4.69, 9.17) is 11.6 Å². The molecule has 1 aromatic heterocycles. The van der Waals surface area contributed by atoms with Gasteiger partial charge in [-0.1, -0.05) is 11.6 Å². The maximum atomic E-state index is 12.7. The number of fused-ring (bicyclic) bond motifs is 1. The summed E-state index contributed by atoms with van der Waals surface area (Å²) in [4.78, 5) is 29.5. The van der Waals surface area contributed by atoms with Crippen molar-refractivity contribution < 1.29 is 9.59 Å². The summed E-state index contributed by atoms with van der Waals surface area (Å²) in [5, 5.41) is 6.27. The van der Waals surface area contributed by atoms with Crippen LogP contribution in [-0.2, 0) is 13.0 Å². The quantitative estimate of drug-likeness (QED) is 0.878. The molecular formula is C18H21ClN4O2. The first-order chi connectivity index (χ1) is 12.0. The molecule has 6 nitrogen and oxygen atoms in total. The fourth-order valence-electron chi connectivity index (χ4n) is 2.95. The van der Waals surface area contributed by atoms with Gasteiger partial charge in [0.2, 0.25) is 0 Å².